The molecule has 0 unspecified atom stereocenters. The van der Waals surface area contributed by atoms with Crippen molar-refractivity contribution in [3.05, 3.63) is 29.8 Å². The second-order valence-electron chi connectivity index (χ2n) is 4.87. The second kappa shape index (κ2) is 6.63. The molecule has 1 fully saturated rings. The van der Waals surface area contributed by atoms with Gasteiger partial charge in [0, 0.05) is 10.9 Å². The third-order valence-corrected chi connectivity index (χ3v) is 4.81. The average molecular weight is 274 g/mol. The van der Waals surface area contributed by atoms with Crippen LogP contribution in [-0.2, 0) is 4.79 Å². The molecule has 1 amide bonds. The normalized spacial score (nSPS) is 16.8. The van der Waals surface area contributed by atoms with E-state index in [1.165, 1.54) is 25.7 Å². The van der Waals surface area contributed by atoms with Gasteiger partial charge in [0.05, 0.1) is 16.9 Å². The van der Waals surface area contributed by atoms with Gasteiger partial charge in [-0.2, -0.15) is 5.26 Å². The Morgan fingerprint density at radius 1 is 1.47 bits per heavy atom. The maximum Gasteiger partial charge on any atom is 0.237 e. The predicted octanol–water partition coefficient (Wildman–Crippen LogP) is 3.56. The number of thioether (sulfide) groups is 1. The molecule has 3 nitrogen and oxygen atoms in total. The van der Waals surface area contributed by atoms with E-state index in [2.05, 4.69) is 11.4 Å². The Morgan fingerprint density at radius 2 is 2.21 bits per heavy atom. The number of anilines is 1. The summed E-state index contributed by atoms with van der Waals surface area (Å²) in [6, 6.07) is 9.09. The van der Waals surface area contributed by atoms with Crippen LogP contribution in [0.15, 0.2) is 24.3 Å². The lowest BCUT2D eigenvalue weighted by Crippen LogP contribution is -2.24. The number of hydrogen-bond donors (Lipinski definition) is 1. The first kappa shape index (κ1) is 14.0. The van der Waals surface area contributed by atoms with Crippen molar-refractivity contribution in [2.75, 3.05) is 5.32 Å². The van der Waals surface area contributed by atoms with Crippen molar-refractivity contribution in [3.63, 3.8) is 0 Å². The molecule has 0 aromatic heterocycles. The third-order valence-electron chi connectivity index (χ3n) is 3.33. The molecule has 1 aromatic rings. The topological polar surface area (TPSA) is 52.9 Å². The molecule has 2 rings (SSSR count). The summed E-state index contributed by atoms with van der Waals surface area (Å²) < 4.78 is 0. The number of carbonyl (C=O) groups is 1. The van der Waals surface area contributed by atoms with Crippen molar-refractivity contribution in [2.24, 2.45) is 0 Å². The summed E-state index contributed by atoms with van der Waals surface area (Å²) in [5, 5.41) is 12.3. The Morgan fingerprint density at radius 3 is 2.89 bits per heavy atom. The molecule has 0 radical (unpaired) electrons. The van der Waals surface area contributed by atoms with E-state index in [1.54, 1.807) is 30.0 Å². The standard InChI is InChI=1S/C15H18N2OS/c1-11(19-14-7-2-3-8-14)15(18)17-13-6-4-5-12(9-13)10-16/h4-6,9,11,14H,2-3,7-8H2,1H3,(H,17,18)/t11-/m0/s1. The summed E-state index contributed by atoms with van der Waals surface area (Å²) in [6.45, 7) is 1.95. The molecular weight excluding hydrogens is 256 g/mol. The molecule has 0 bridgehead atoms. The Bertz CT molecular complexity index is 489. The van der Waals surface area contributed by atoms with E-state index >= 15 is 0 Å². The molecule has 100 valence electrons. The summed E-state index contributed by atoms with van der Waals surface area (Å²) >= 11 is 1.77. The van der Waals surface area contributed by atoms with Crippen molar-refractivity contribution < 1.29 is 4.79 Å². The van der Waals surface area contributed by atoms with Crippen LogP contribution >= 0.6 is 11.8 Å². The van der Waals surface area contributed by atoms with Crippen LogP contribution < -0.4 is 5.32 Å². The van der Waals surface area contributed by atoms with E-state index in [1.807, 2.05) is 13.0 Å². The number of amides is 1. The number of nitrogens with one attached hydrogen (secondary N) is 1. The molecule has 19 heavy (non-hydrogen) atoms. The van der Waals surface area contributed by atoms with Gasteiger partial charge in [-0.3, -0.25) is 4.79 Å². The van der Waals surface area contributed by atoms with E-state index in [9.17, 15) is 4.79 Å². The van der Waals surface area contributed by atoms with Crippen LogP contribution in [0.4, 0.5) is 5.69 Å². The highest BCUT2D eigenvalue weighted by Gasteiger charge is 2.22. The Balaban J connectivity index is 1.90. The molecule has 0 heterocycles. The first-order valence-electron chi connectivity index (χ1n) is 6.65. The van der Waals surface area contributed by atoms with Crippen LogP contribution in [0.2, 0.25) is 0 Å². The van der Waals surface area contributed by atoms with E-state index in [4.69, 9.17) is 5.26 Å². The minimum absolute atomic E-state index is 0.0204. The van der Waals surface area contributed by atoms with Gasteiger partial charge in [0.2, 0.25) is 5.91 Å². The van der Waals surface area contributed by atoms with Gasteiger partial charge in [-0.15, -0.1) is 11.8 Å². The second-order valence-corrected chi connectivity index (χ2v) is 6.51. The zero-order valence-electron chi connectivity index (χ0n) is 11.1. The van der Waals surface area contributed by atoms with Crippen LogP contribution in [0.1, 0.15) is 38.2 Å². The first-order chi connectivity index (χ1) is 9.19. The van der Waals surface area contributed by atoms with Crippen LogP contribution in [0.25, 0.3) is 0 Å². The zero-order valence-corrected chi connectivity index (χ0v) is 11.9. The summed E-state index contributed by atoms with van der Waals surface area (Å²) in [6.07, 6.45) is 5.03. The monoisotopic (exact) mass is 274 g/mol. The summed E-state index contributed by atoms with van der Waals surface area (Å²) in [5.74, 6) is 0.0204. The fourth-order valence-electron chi connectivity index (χ4n) is 2.29. The third kappa shape index (κ3) is 4.00. The van der Waals surface area contributed by atoms with E-state index < -0.39 is 0 Å². The Labute approximate surface area is 118 Å². The SMILES string of the molecule is C[C@H](SC1CCCC1)C(=O)Nc1cccc(C#N)c1. The van der Waals surface area contributed by atoms with E-state index in [0.717, 1.165) is 0 Å². The molecule has 1 aliphatic carbocycles. The van der Waals surface area contributed by atoms with Crippen molar-refractivity contribution >= 4 is 23.4 Å². The van der Waals surface area contributed by atoms with Gasteiger partial charge < -0.3 is 5.32 Å². The highest BCUT2D eigenvalue weighted by molar-refractivity contribution is 8.01. The number of hydrogen-bond acceptors (Lipinski definition) is 3. The van der Waals surface area contributed by atoms with Crippen molar-refractivity contribution in [3.8, 4) is 6.07 Å². The van der Waals surface area contributed by atoms with Crippen molar-refractivity contribution in [1.29, 1.82) is 5.26 Å². The molecule has 4 heteroatoms. The lowest BCUT2D eigenvalue weighted by molar-refractivity contribution is -0.115. The molecule has 1 atom stereocenters. The molecule has 0 spiro atoms. The van der Waals surface area contributed by atoms with Crippen molar-refractivity contribution in [1.82, 2.24) is 0 Å². The Hall–Kier alpha value is -1.47. The van der Waals surface area contributed by atoms with E-state index in [-0.39, 0.29) is 11.2 Å². The minimum Gasteiger partial charge on any atom is -0.325 e. The molecule has 1 aliphatic rings. The van der Waals surface area contributed by atoms with Gasteiger partial charge in [-0.1, -0.05) is 18.9 Å². The minimum atomic E-state index is -0.0474. The van der Waals surface area contributed by atoms with Crippen LogP contribution in [0.3, 0.4) is 0 Å². The van der Waals surface area contributed by atoms with Crippen LogP contribution in [0, 0.1) is 11.3 Å². The van der Waals surface area contributed by atoms with Gasteiger partial charge in [-0.25, -0.2) is 0 Å². The first-order valence-corrected chi connectivity index (χ1v) is 7.60. The zero-order chi connectivity index (χ0) is 13.7. The number of nitriles is 1. The quantitative estimate of drug-likeness (QED) is 0.913. The predicted molar refractivity (Wildman–Crippen MR) is 79.1 cm³/mol. The summed E-state index contributed by atoms with van der Waals surface area (Å²) in [7, 11) is 0. The van der Waals surface area contributed by atoms with Crippen molar-refractivity contribution in [2.45, 2.75) is 43.1 Å². The smallest absolute Gasteiger partial charge is 0.237 e. The maximum absolute atomic E-state index is 12.1. The highest BCUT2D eigenvalue weighted by Crippen LogP contribution is 2.32. The van der Waals surface area contributed by atoms with E-state index in [0.29, 0.717) is 16.5 Å². The fraction of sp³-hybridized carbons (Fsp3) is 0.467. The molecule has 1 saturated carbocycles. The van der Waals surface area contributed by atoms with Gasteiger partial charge in [-0.05, 0) is 38.0 Å². The average Bonchev–Trinajstić information content (AvgIpc) is 2.91. The molecule has 0 saturated heterocycles. The number of rotatable bonds is 4. The molecule has 0 aliphatic heterocycles. The lowest BCUT2D eigenvalue weighted by Gasteiger charge is -2.16. The van der Waals surface area contributed by atoms with Gasteiger partial charge in [0.15, 0.2) is 0 Å². The van der Waals surface area contributed by atoms with Gasteiger partial charge in [0.25, 0.3) is 0 Å². The largest absolute Gasteiger partial charge is 0.325 e. The number of carbonyl (C=O) groups excluding carboxylic acids is 1. The summed E-state index contributed by atoms with van der Waals surface area (Å²) in [5.41, 5.74) is 1.26. The molecular formula is C15H18N2OS. The lowest BCUT2D eigenvalue weighted by atomic mass is 10.2. The molecule has 1 N–H and O–H groups in total. The fourth-order valence-corrected chi connectivity index (χ4v) is 3.65. The Kier molecular flexibility index (Phi) is 4.86. The maximum atomic E-state index is 12.1. The summed E-state index contributed by atoms with van der Waals surface area (Å²) in [4.78, 5) is 12.1. The highest BCUT2D eigenvalue weighted by atomic mass is 32.2. The van der Waals surface area contributed by atoms with Crippen LogP contribution in [0.5, 0.6) is 0 Å². The van der Waals surface area contributed by atoms with Gasteiger partial charge in [0.1, 0.15) is 0 Å². The number of nitrogens with zero attached hydrogens (tertiary/aromatic N) is 1. The van der Waals surface area contributed by atoms with Gasteiger partial charge >= 0.3 is 0 Å². The number of benzene rings is 1. The van der Waals surface area contributed by atoms with Crippen LogP contribution in [-0.4, -0.2) is 16.4 Å². The molecule has 1 aromatic carbocycles.